The maximum atomic E-state index is 11.8. The summed E-state index contributed by atoms with van der Waals surface area (Å²) in [4.78, 5) is 0. The highest BCUT2D eigenvalue weighted by molar-refractivity contribution is 4.81. The topological polar surface area (TPSA) is 20.2 Å². The highest BCUT2D eigenvalue weighted by Crippen LogP contribution is 2.40. The van der Waals surface area contributed by atoms with Gasteiger partial charge < -0.3 is 5.11 Å². The van der Waals surface area contributed by atoms with Crippen molar-refractivity contribution in [2.75, 3.05) is 0 Å². The van der Waals surface area contributed by atoms with Crippen LogP contribution in [0.3, 0.4) is 0 Å². The molecule has 0 bridgehead atoms. The molecule has 1 aliphatic carbocycles. The molecule has 4 heteroatoms. The number of alkyl halides is 3. The third-order valence-electron chi connectivity index (χ3n) is 2.40. The minimum absolute atomic E-state index is 0.00150. The van der Waals surface area contributed by atoms with Crippen LogP contribution in [0.5, 0.6) is 0 Å². The third kappa shape index (κ3) is 2.66. The van der Waals surface area contributed by atoms with Gasteiger partial charge in [-0.05, 0) is 31.1 Å². The molecule has 0 amide bonds. The van der Waals surface area contributed by atoms with E-state index < -0.39 is 12.3 Å². The molecule has 0 aromatic rings. The summed E-state index contributed by atoms with van der Waals surface area (Å²) in [5.41, 5.74) is 0. The molecule has 0 heterocycles. The van der Waals surface area contributed by atoms with Gasteiger partial charge in [-0.15, -0.1) is 0 Å². The maximum absolute atomic E-state index is 11.8. The van der Waals surface area contributed by atoms with E-state index in [4.69, 9.17) is 5.11 Å². The number of hydrogen-bond donors (Lipinski definition) is 1. The number of aliphatic hydroxyl groups excluding tert-OH is 1. The van der Waals surface area contributed by atoms with Gasteiger partial charge in [0.15, 0.2) is 0 Å². The molecule has 12 heavy (non-hydrogen) atoms. The van der Waals surface area contributed by atoms with Gasteiger partial charge in [-0.1, -0.05) is 6.92 Å². The van der Waals surface area contributed by atoms with Crippen molar-refractivity contribution in [2.24, 2.45) is 11.8 Å². The molecule has 0 spiro atoms. The Hall–Kier alpha value is -0.250. The second kappa shape index (κ2) is 3.24. The van der Waals surface area contributed by atoms with Gasteiger partial charge in [-0.2, -0.15) is 13.2 Å². The number of aliphatic hydroxyl groups is 1. The lowest BCUT2D eigenvalue weighted by molar-refractivity contribution is -0.208. The van der Waals surface area contributed by atoms with E-state index in [1.54, 1.807) is 6.92 Å². The molecular formula is C8H13F3O. The Morgan fingerprint density at radius 3 is 2.25 bits per heavy atom. The van der Waals surface area contributed by atoms with Crippen molar-refractivity contribution in [3.63, 3.8) is 0 Å². The van der Waals surface area contributed by atoms with Gasteiger partial charge >= 0.3 is 6.18 Å². The summed E-state index contributed by atoms with van der Waals surface area (Å²) in [6.07, 6.45) is -4.68. The average Bonchev–Trinajstić information content (AvgIpc) is 2.65. The summed E-state index contributed by atoms with van der Waals surface area (Å²) in [5, 5.41) is 8.71. The number of hydrogen-bond acceptors (Lipinski definition) is 1. The third-order valence-corrected chi connectivity index (χ3v) is 2.40. The molecule has 2 unspecified atom stereocenters. The highest BCUT2D eigenvalue weighted by Gasteiger charge is 2.41. The predicted molar refractivity (Wildman–Crippen MR) is 38.6 cm³/mol. The Labute approximate surface area is 69.6 Å². The van der Waals surface area contributed by atoms with Crippen molar-refractivity contribution < 1.29 is 18.3 Å². The Bertz CT molecular complexity index is 151. The lowest BCUT2D eigenvalue weighted by Gasteiger charge is -2.18. The van der Waals surface area contributed by atoms with E-state index in [0.29, 0.717) is 5.92 Å². The van der Waals surface area contributed by atoms with E-state index >= 15 is 0 Å². The fraction of sp³-hybridized carbons (Fsp3) is 1.00. The normalized spacial score (nSPS) is 23.8. The first-order chi connectivity index (χ1) is 5.41. The van der Waals surface area contributed by atoms with Crippen molar-refractivity contribution in [1.82, 2.24) is 0 Å². The molecule has 1 nitrogen and oxygen atoms in total. The zero-order chi connectivity index (χ0) is 9.35. The quantitative estimate of drug-likeness (QED) is 0.710. The van der Waals surface area contributed by atoms with Crippen LogP contribution in [0.1, 0.15) is 26.2 Å². The first kappa shape index (κ1) is 9.84. The SMILES string of the molecule is CC(CC(O)C(F)(F)F)C1CC1. The summed E-state index contributed by atoms with van der Waals surface area (Å²) in [7, 11) is 0. The standard InChI is InChI=1S/C8H13F3O/c1-5(6-2-3-6)4-7(12)8(9,10)11/h5-7,12H,2-4H2,1H3. The van der Waals surface area contributed by atoms with Gasteiger partial charge in [-0.25, -0.2) is 0 Å². The molecule has 1 fully saturated rings. The Kier molecular flexibility index (Phi) is 2.66. The van der Waals surface area contributed by atoms with Crippen LogP contribution in [0, 0.1) is 11.8 Å². The molecular weight excluding hydrogens is 169 g/mol. The first-order valence-corrected chi connectivity index (χ1v) is 4.16. The molecule has 1 saturated carbocycles. The molecule has 0 aliphatic heterocycles. The van der Waals surface area contributed by atoms with Crippen LogP contribution < -0.4 is 0 Å². The minimum Gasteiger partial charge on any atom is -0.384 e. The molecule has 1 aliphatic rings. The smallest absolute Gasteiger partial charge is 0.384 e. The number of rotatable bonds is 3. The lowest BCUT2D eigenvalue weighted by atomic mass is 9.98. The molecule has 0 saturated heterocycles. The van der Waals surface area contributed by atoms with E-state index in [-0.39, 0.29) is 12.3 Å². The Morgan fingerprint density at radius 2 is 1.92 bits per heavy atom. The largest absolute Gasteiger partial charge is 0.414 e. The monoisotopic (exact) mass is 182 g/mol. The van der Waals surface area contributed by atoms with E-state index in [2.05, 4.69) is 0 Å². The summed E-state index contributed by atoms with van der Waals surface area (Å²) in [6.45, 7) is 1.77. The van der Waals surface area contributed by atoms with Crippen LogP contribution in [-0.2, 0) is 0 Å². The fourth-order valence-corrected chi connectivity index (χ4v) is 1.34. The summed E-state index contributed by atoms with van der Waals surface area (Å²) >= 11 is 0. The highest BCUT2D eigenvalue weighted by atomic mass is 19.4. The van der Waals surface area contributed by atoms with Gasteiger partial charge in [0, 0.05) is 0 Å². The summed E-state index contributed by atoms with van der Waals surface area (Å²) in [5.74, 6) is 0.420. The molecule has 2 atom stereocenters. The molecule has 1 rings (SSSR count). The number of halogens is 3. The molecule has 1 N–H and O–H groups in total. The maximum Gasteiger partial charge on any atom is 0.414 e. The van der Waals surface area contributed by atoms with Crippen LogP contribution >= 0.6 is 0 Å². The van der Waals surface area contributed by atoms with Gasteiger partial charge in [0.1, 0.15) is 6.10 Å². The van der Waals surface area contributed by atoms with Crippen molar-refractivity contribution in [3.05, 3.63) is 0 Å². The zero-order valence-corrected chi connectivity index (χ0v) is 6.93. The van der Waals surface area contributed by atoms with Crippen molar-refractivity contribution in [3.8, 4) is 0 Å². The zero-order valence-electron chi connectivity index (χ0n) is 6.93. The minimum atomic E-state index is -4.44. The Balaban J connectivity index is 2.29. The first-order valence-electron chi connectivity index (χ1n) is 4.16. The summed E-state index contributed by atoms with van der Waals surface area (Å²) in [6, 6.07) is 0. The van der Waals surface area contributed by atoms with Crippen LogP contribution in [-0.4, -0.2) is 17.4 Å². The van der Waals surface area contributed by atoms with Crippen LogP contribution in [0.25, 0.3) is 0 Å². The molecule has 0 radical (unpaired) electrons. The van der Waals surface area contributed by atoms with Crippen LogP contribution in [0.2, 0.25) is 0 Å². The molecule has 72 valence electrons. The van der Waals surface area contributed by atoms with Gasteiger partial charge in [0.2, 0.25) is 0 Å². The van der Waals surface area contributed by atoms with Gasteiger partial charge in [-0.3, -0.25) is 0 Å². The van der Waals surface area contributed by atoms with E-state index in [1.807, 2.05) is 0 Å². The molecule has 0 aromatic carbocycles. The van der Waals surface area contributed by atoms with E-state index in [9.17, 15) is 13.2 Å². The fourth-order valence-electron chi connectivity index (χ4n) is 1.34. The van der Waals surface area contributed by atoms with Crippen molar-refractivity contribution >= 4 is 0 Å². The second-order valence-corrected chi connectivity index (χ2v) is 3.61. The predicted octanol–water partition coefficient (Wildman–Crippen LogP) is 2.35. The molecule has 0 aromatic heterocycles. The van der Waals surface area contributed by atoms with Gasteiger partial charge in [0.25, 0.3) is 0 Å². The Morgan fingerprint density at radius 1 is 1.42 bits per heavy atom. The van der Waals surface area contributed by atoms with Crippen LogP contribution in [0.4, 0.5) is 13.2 Å². The van der Waals surface area contributed by atoms with E-state index in [0.717, 1.165) is 12.8 Å². The van der Waals surface area contributed by atoms with Crippen molar-refractivity contribution in [2.45, 2.75) is 38.5 Å². The summed E-state index contributed by atoms with van der Waals surface area (Å²) < 4.78 is 35.5. The van der Waals surface area contributed by atoms with Gasteiger partial charge in [0.05, 0.1) is 0 Å². The van der Waals surface area contributed by atoms with E-state index in [1.165, 1.54) is 0 Å². The van der Waals surface area contributed by atoms with Crippen molar-refractivity contribution in [1.29, 1.82) is 0 Å². The lowest BCUT2D eigenvalue weighted by Crippen LogP contribution is -2.30. The average molecular weight is 182 g/mol. The second-order valence-electron chi connectivity index (χ2n) is 3.61. The van der Waals surface area contributed by atoms with Crippen LogP contribution in [0.15, 0.2) is 0 Å².